The summed E-state index contributed by atoms with van der Waals surface area (Å²) >= 11 is 5.84. The molecule has 1 aliphatic rings. The number of nitrogens with one attached hydrogen (secondary N) is 1. The van der Waals surface area contributed by atoms with E-state index in [0.717, 1.165) is 12.0 Å². The van der Waals surface area contributed by atoms with Gasteiger partial charge in [-0.1, -0.05) is 24.6 Å². The number of piperazine rings is 1. The highest BCUT2D eigenvalue weighted by atomic mass is 35.5. The predicted molar refractivity (Wildman–Crippen MR) is 67.2 cm³/mol. The lowest BCUT2D eigenvalue weighted by Crippen LogP contribution is -2.53. The molecular weight excluding hydrogens is 242 g/mol. The number of anilines is 1. The van der Waals surface area contributed by atoms with Gasteiger partial charge in [0.05, 0.1) is 0 Å². The maximum Gasteiger partial charge on any atom is 0.260 e. The van der Waals surface area contributed by atoms with Gasteiger partial charge in [0.15, 0.2) is 5.50 Å². The van der Waals surface area contributed by atoms with E-state index in [-0.39, 0.29) is 11.4 Å². The topological polar surface area (TPSA) is 76.7 Å². The number of amides is 1. The minimum Gasteiger partial charge on any atom is -0.412 e. The largest absolute Gasteiger partial charge is 0.412 e. The Balaban J connectivity index is 0.00000144. The monoisotopic (exact) mass is 257 g/mol. The van der Waals surface area contributed by atoms with Crippen molar-refractivity contribution in [1.29, 1.82) is 0 Å². The molecule has 1 aromatic rings. The molecule has 17 heavy (non-hydrogen) atoms. The molecule has 0 aromatic carbocycles. The zero-order valence-corrected chi connectivity index (χ0v) is 10.4. The van der Waals surface area contributed by atoms with Gasteiger partial charge in [-0.05, 0) is 18.1 Å². The van der Waals surface area contributed by atoms with Crippen molar-refractivity contribution in [3.63, 3.8) is 0 Å². The Kier molecular flexibility index (Phi) is 4.86. The van der Waals surface area contributed by atoms with E-state index in [1.54, 1.807) is 11.1 Å². The van der Waals surface area contributed by atoms with Gasteiger partial charge in [0.1, 0.15) is 5.82 Å². The molecule has 2 rings (SSSR count). The van der Waals surface area contributed by atoms with Gasteiger partial charge in [0.2, 0.25) is 0 Å². The number of nitrogens with zero attached hydrogens (tertiary/aromatic N) is 2. The third kappa shape index (κ3) is 2.94. The standard InChI is InChI=1S/C11H14ClN3O.H2O/c1-2-8-3-4-9(14-7-8)15-6-5-13-10(12)11(15)16;/h3-4,7,10,13H,2,5-6H2,1H3;1H2. The first-order valence-corrected chi connectivity index (χ1v) is 5.79. The highest BCUT2D eigenvalue weighted by molar-refractivity contribution is 6.32. The maximum atomic E-state index is 11.8. The average Bonchev–Trinajstić information content (AvgIpc) is 2.33. The molecule has 0 aliphatic carbocycles. The molecule has 1 aromatic heterocycles. The summed E-state index contributed by atoms with van der Waals surface area (Å²) in [4.78, 5) is 17.7. The Hall–Kier alpha value is -1.17. The number of carbonyl (C=O) groups excluding carboxylic acids is 1. The molecular formula is C11H16ClN3O2. The first-order valence-electron chi connectivity index (χ1n) is 5.36. The molecule has 2 heterocycles. The fraction of sp³-hybridized carbons (Fsp3) is 0.455. The minimum absolute atomic E-state index is 0. The number of halogens is 1. The van der Waals surface area contributed by atoms with Crippen molar-refractivity contribution in [2.24, 2.45) is 0 Å². The van der Waals surface area contributed by atoms with Crippen molar-refractivity contribution in [3.05, 3.63) is 23.9 Å². The summed E-state index contributed by atoms with van der Waals surface area (Å²) < 4.78 is 0. The van der Waals surface area contributed by atoms with Crippen molar-refractivity contribution in [1.82, 2.24) is 10.3 Å². The van der Waals surface area contributed by atoms with Gasteiger partial charge in [-0.2, -0.15) is 0 Å². The number of aromatic nitrogens is 1. The lowest BCUT2D eigenvalue weighted by molar-refractivity contribution is -0.119. The number of carbonyl (C=O) groups is 1. The number of hydrogen-bond donors (Lipinski definition) is 1. The molecule has 6 heteroatoms. The van der Waals surface area contributed by atoms with Crippen molar-refractivity contribution < 1.29 is 10.3 Å². The zero-order valence-electron chi connectivity index (χ0n) is 9.61. The molecule has 0 spiro atoms. The van der Waals surface area contributed by atoms with Crippen LogP contribution in [0.15, 0.2) is 18.3 Å². The first-order chi connectivity index (χ1) is 7.72. The van der Waals surface area contributed by atoms with E-state index in [1.165, 1.54) is 0 Å². The van der Waals surface area contributed by atoms with Crippen LogP contribution in [0.2, 0.25) is 0 Å². The van der Waals surface area contributed by atoms with Crippen molar-refractivity contribution in [2.75, 3.05) is 18.0 Å². The van der Waals surface area contributed by atoms with Crippen LogP contribution in [0, 0.1) is 0 Å². The number of hydrogen-bond acceptors (Lipinski definition) is 3. The lowest BCUT2D eigenvalue weighted by Gasteiger charge is -2.29. The Labute approximate surface area is 105 Å². The SMILES string of the molecule is CCc1ccc(N2CCNC(Cl)C2=O)nc1.O. The summed E-state index contributed by atoms with van der Waals surface area (Å²) in [6.45, 7) is 3.37. The molecule has 0 saturated carbocycles. The fourth-order valence-corrected chi connectivity index (χ4v) is 1.88. The molecule has 3 N–H and O–H groups in total. The van der Waals surface area contributed by atoms with Gasteiger partial charge in [-0.25, -0.2) is 4.98 Å². The van der Waals surface area contributed by atoms with E-state index in [0.29, 0.717) is 18.9 Å². The minimum atomic E-state index is -0.638. The summed E-state index contributed by atoms with van der Waals surface area (Å²) in [5.41, 5.74) is 0.523. The summed E-state index contributed by atoms with van der Waals surface area (Å²) in [6.07, 6.45) is 2.74. The van der Waals surface area contributed by atoms with Crippen molar-refractivity contribution >= 4 is 23.3 Å². The number of alkyl halides is 1. The van der Waals surface area contributed by atoms with E-state index in [4.69, 9.17) is 11.6 Å². The van der Waals surface area contributed by atoms with Gasteiger partial charge in [-0.15, -0.1) is 0 Å². The van der Waals surface area contributed by atoms with Gasteiger partial charge in [0.25, 0.3) is 5.91 Å². The fourth-order valence-electron chi connectivity index (χ4n) is 1.65. The Morgan fingerprint density at radius 3 is 2.94 bits per heavy atom. The molecule has 1 unspecified atom stereocenters. The lowest BCUT2D eigenvalue weighted by atomic mass is 10.2. The van der Waals surface area contributed by atoms with Crippen LogP contribution in [0.25, 0.3) is 0 Å². The third-order valence-electron chi connectivity index (χ3n) is 2.64. The molecule has 1 aliphatic heterocycles. The number of pyridine rings is 1. The highest BCUT2D eigenvalue weighted by Crippen LogP contribution is 2.15. The van der Waals surface area contributed by atoms with Crippen molar-refractivity contribution in [2.45, 2.75) is 18.8 Å². The van der Waals surface area contributed by atoms with E-state index in [1.807, 2.05) is 12.1 Å². The van der Waals surface area contributed by atoms with Crippen LogP contribution in [0.4, 0.5) is 5.82 Å². The van der Waals surface area contributed by atoms with Gasteiger partial charge >= 0.3 is 0 Å². The van der Waals surface area contributed by atoms with Crippen LogP contribution >= 0.6 is 11.6 Å². The van der Waals surface area contributed by atoms with E-state index in [9.17, 15) is 4.79 Å². The molecule has 1 atom stereocenters. The second-order valence-corrected chi connectivity index (χ2v) is 4.12. The maximum absolute atomic E-state index is 11.8. The first kappa shape index (κ1) is 13.9. The van der Waals surface area contributed by atoms with Crippen LogP contribution in [-0.4, -0.2) is 35.0 Å². The number of rotatable bonds is 2. The molecule has 0 bridgehead atoms. The molecule has 5 nitrogen and oxygen atoms in total. The third-order valence-corrected chi connectivity index (χ3v) is 2.98. The van der Waals surface area contributed by atoms with Crippen molar-refractivity contribution in [3.8, 4) is 0 Å². The molecule has 0 radical (unpaired) electrons. The highest BCUT2D eigenvalue weighted by Gasteiger charge is 2.27. The molecule has 1 fully saturated rings. The van der Waals surface area contributed by atoms with Crippen LogP contribution in [0.5, 0.6) is 0 Å². The predicted octanol–water partition coefficient (Wildman–Crippen LogP) is 0.320. The summed E-state index contributed by atoms with van der Waals surface area (Å²) in [6, 6.07) is 3.85. The van der Waals surface area contributed by atoms with E-state index >= 15 is 0 Å². The van der Waals surface area contributed by atoms with Gasteiger partial charge in [-0.3, -0.25) is 15.0 Å². The zero-order chi connectivity index (χ0) is 11.5. The summed E-state index contributed by atoms with van der Waals surface area (Å²) in [5, 5.41) is 2.90. The molecule has 94 valence electrons. The van der Waals surface area contributed by atoms with E-state index < -0.39 is 5.50 Å². The molecule has 1 amide bonds. The Bertz CT molecular complexity index is 383. The Morgan fingerprint density at radius 1 is 1.59 bits per heavy atom. The van der Waals surface area contributed by atoms with E-state index in [2.05, 4.69) is 17.2 Å². The van der Waals surface area contributed by atoms with Crippen LogP contribution in [-0.2, 0) is 11.2 Å². The van der Waals surface area contributed by atoms with Gasteiger partial charge in [0, 0.05) is 19.3 Å². The molecule has 1 saturated heterocycles. The number of aryl methyl sites for hydroxylation is 1. The Morgan fingerprint density at radius 2 is 2.35 bits per heavy atom. The van der Waals surface area contributed by atoms with Gasteiger partial charge < -0.3 is 5.48 Å². The van der Waals surface area contributed by atoms with Crippen LogP contribution < -0.4 is 10.2 Å². The van der Waals surface area contributed by atoms with Crippen LogP contribution in [0.1, 0.15) is 12.5 Å². The second kappa shape index (κ2) is 5.95. The second-order valence-electron chi connectivity index (χ2n) is 3.68. The normalized spacial score (nSPS) is 20.0. The smallest absolute Gasteiger partial charge is 0.260 e. The quantitative estimate of drug-likeness (QED) is 0.612. The van der Waals surface area contributed by atoms with Crippen LogP contribution in [0.3, 0.4) is 0 Å². The summed E-state index contributed by atoms with van der Waals surface area (Å²) in [7, 11) is 0. The average molecular weight is 258 g/mol. The summed E-state index contributed by atoms with van der Waals surface area (Å²) in [5.74, 6) is 0.541.